The molecule has 1 aromatic heterocycles. The van der Waals surface area contributed by atoms with Gasteiger partial charge in [0.1, 0.15) is 22.9 Å². The Kier molecular flexibility index (Phi) is 9.81. The third-order valence-corrected chi connectivity index (χ3v) is 7.79. The van der Waals surface area contributed by atoms with E-state index in [9.17, 15) is 4.79 Å². The molecule has 0 aliphatic carbocycles. The Morgan fingerprint density at radius 1 is 0.867 bits per heavy atom. The maximum absolute atomic E-state index is 13.0. The van der Waals surface area contributed by atoms with Crippen LogP contribution in [0, 0.1) is 6.92 Å². The molecule has 0 saturated heterocycles. The van der Waals surface area contributed by atoms with E-state index < -0.39 is 5.60 Å². The normalized spacial score (nSPS) is 12.7. The van der Waals surface area contributed by atoms with Crippen molar-refractivity contribution in [2.24, 2.45) is 0 Å². The summed E-state index contributed by atoms with van der Waals surface area (Å²) in [6.07, 6.45) is 0.356. The third-order valence-electron chi connectivity index (χ3n) is 7.79. The van der Waals surface area contributed by atoms with E-state index >= 15 is 0 Å². The Morgan fingerprint density at radius 3 is 1.96 bits per heavy atom. The highest BCUT2D eigenvalue weighted by Crippen LogP contribution is 2.33. The van der Waals surface area contributed by atoms with Crippen LogP contribution in [0.25, 0.3) is 0 Å². The molecule has 0 bridgehead atoms. The molecule has 2 heterocycles. The molecule has 45 heavy (non-hydrogen) atoms. The number of carbonyl (C=O) groups is 1. The van der Waals surface area contributed by atoms with E-state index in [0.29, 0.717) is 39.1 Å². The smallest absolute Gasteiger partial charge is 0.410 e. The Bertz CT molecular complexity index is 1530. The van der Waals surface area contributed by atoms with E-state index in [0.717, 1.165) is 45.4 Å². The minimum absolute atomic E-state index is 0.301. The number of benzene rings is 3. The van der Waals surface area contributed by atoms with Crippen molar-refractivity contribution in [3.8, 4) is 11.5 Å². The standard InChI is InChI=1S/C37H44N4O4/c1-26-7-9-27(10-8-26)22-38-35-34(21-30-25-40(20-19-33(30)39-35)36(42)45-37(2,3)4)41(23-28-11-15-31(43-5)16-12-28)24-29-13-17-32(44-6)18-14-29/h7-18,21H,19-20,22-25H2,1-6H3,(H,38,39). The van der Waals surface area contributed by atoms with Crippen LogP contribution in [0.2, 0.25) is 0 Å². The maximum Gasteiger partial charge on any atom is 0.410 e. The zero-order valence-corrected chi connectivity index (χ0v) is 27.2. The SMILES string of the molecule is COc1ccc(CN(Cc2ccc(OC)cc2)c2cc3c(nc2NCc2ccc(C)cc2)CCN(C(=O)OC(C)(C)C)C3)cc1. The van der Waals surface area contributed by atoms with Gasteiger partial charge in [-0.3, -0.25) is 0 Å². The molecule has 8 heteroatoms. The molecule has 4 aromatic rings. The highest BCUT2D eigenvalue weighted by Gasteiger charge is 2.28. The lowest BCUT2D eigenvalue weighted by Crippen LogP contribution is -2.40. The molecule has 5 rings (SSSR count). The fourth-order valence-electron chi connectivity index (χ4n) is 5.33. The monoisotopic (exact) mass is 608 g/mol. The fourth-order valence-corrected chi connectivity index (χ4v) is 5.33. The minimum atomic E-state index is -0.557. The predicted octanol–water partition coefficient (Wildman–Crippen LogP) is 7.52. The topological polar surface area (TPSA) is 76.2 Å². The van der Waals surface area contributed by atoms with Gasteiger partial charge in [0.15, 0.2) is 0 Å². The average molecular weight is 609 g/mol. The summed E-state index contributed by atoms with van der Waals surface area (Å²) in [6, 6.07) is 27.1. The molecule has 1 N–H and O–H groups in total. The highest BCUT2D eigenvalue weighted by atomic mass is 16.6. The van der Waals surface area contributed by atoms with Gasteiger partial charge in [-0.1, -0.05) is 54.1 Å². The number of pyridine rings is 1. The van der Waals surface area contributed by atoms with Crippen LogP contribution in [0.4, 0.5) is 16.3 Å². The number of anilines is 2. The summed E-state index contributed by atoms with van der Waals surface area (Å²) in [5.41, 5.74) is 7.13. The number of nitrogens with one attached hydrogen (secondary N) is 1. The maximum atomic E-state index is 13.0. The first-order chi connectivity index (χ1) is 21.6. The Labute approximate surface area is 266 Å². The molecule has 0 atom stereocenters. The molecule has 0 radical (unpaired) electrons. The average Bonchev–Trinajstić information content (AvgIpc) is 3.03. The van der Waals surface area contributed by atoms with Gasteiger partial charge in [-0.05, 0) is 80.3 Å². The molecule has 1 amide bonds. The highest BCUT2D eigenvalue weighted by molar-refractivity contribution is 5.71. The van der Waals surface area contributed by atoms with Crippen LogP contribution in [0.5, 0.6) is 11.5 Å². The number of methoxy groups -OCH3 is 2. The summed E-state index contributed by atoms with van der Waals surface area (Å²) in [5, 5.41) is 3.65. The van der Waals surface area contributed by atoms with Gasteiger partial charge in [0, 0.05) is 38.3 Å². The number of amides is 1. The second-order valence-electron chi connectivity index (χ2n) is 12.5. The summed E-state index contributed by atoms with van der Waals surface area (Å²) < 4.78 is 16.5. The molecular formula is C37H44N4O4. The summed E-state index contributed by atoms with van der Waals surface area (Å²) in [7, 11) is 3.35. The van der Waals surface area contributed by atoms with E-state index in [4.69, 9.17) is 19.2 Å². The molecule has 0 fully saturated rings. The molecule has 3 aromatic carbocycles. The van der Waals surface area contributed by atoms with Crippen molar-refractivity contribution in [1.82, 2.24) is 9.88 Å². The zero-order chi connectivity index (χ0) is 32.0. The second-order valence-corrected chi connectivity index (χ2v) is 12.5. The van der Waals surface area contributed by atoms with Gasteiger partial charge in [-0.2, -0.15) is 0 Å². The van der Waals surface area contributed by atoms with Gasteiger partial charge >= 0.3 is 6.09 Å². The first kappa shape index (κ1) is 31.7. The van der Waals surface area contributed by atoms with E-state index in [2.05, 4.69) is 71.7 Å². The van der Waals surface area contributed by atoms with Gasteiger partial charge in [0.25, 0.3) is 0 Å². The number of nitrogens with zero attached hydrogens (tertiary/aromatic N) is 3. The van der Waals surface area contributed by atoms with Gasteiger partial charge in [-0.15, -0.1) is 0 Å². The van der Waals surface area contributed by atoms with Crippen LogP contribution in [0.1, 0.15) is 54.3 Å². The Hall–Kier alpha value is -4.72. The number of ether oxygens (including phenoxy) is 3. The number of rotatable bonds is 10. The summed E-state index contributed by atoms with van der Waals surface area (Å²) in [5.74, 6) is 2.46. The lowest BCUT2D eigenvalue weighted by molar-refractivity contribution is 0.0223. The van der Waals surface area contributed by atoms with Gasteiger partial charge < -0.3 is 29.3 Å². The van der Waals surface area contributed by atoms with Crippen LogP contribution >= 0.6 is 0 Å². The van der Waals surface area contributed by atoms with E-state index in [1.807, 2.05) is 45.0 Å². The van der Waals surface area contributed by atoms with Crippen LogP contribution in [0.3, 0.4) is 0 Å². The quantitative estimate of drug-likeness (QED) is 0.200. The van der Waals surface area contributed by atoms with E-state index in [1.165, 1.54) is 11.1 Å². The lowest BCUT2D eigenvalue weighted by Gasteiger charge is -2.33. The van der Waals surface area contributed by atoms with Crippen molar-refractivity contribution in [2.75, 3.05) is 31.0 Å². The number of aromatic nitrogens is 1. The van der Waals surface area contributed by atoms with Crippen molar-refractivity contribution >= 4 is 17.6 Å². The number of hydrogen-bond acceptors (Lipinski definition) is 7. The first-order valence-electron chi connectivity index (χ1n) is 15.4. The number of fused-ring (bicyclic) bond motifs is 1. The summed E-state index contributed by atoms with van der Waals surface area (Å²) >= 11 is 0. The number of aryl methyl sites for hydroxylation is 1. The van der Waals surface area contributed by atoms with Crippen LogP contribution in [-0.4, -0.2) is 42.3 Å². The second kappa shape index (κ2) is 13.9. The van der Waals surface area contributed by atoms with E-state index in [1.54, 1.807) is 19.1 Å². The largest absolute Gasteiger partial charge is 0.497 e. The predicted molar refractivity (Wildman–Crippen MR) is 179 cm³/mol. The molecule has 1 aliphatic rings. The van der Waals surface area contributed by atoms with Crippen LogP contribution in [-0.2, 0) is 37.3 Å². The zero-order valence-electron chi connectivity index (χ0n) is 27.2. The Balaban J connectivity index is 1.53. The van der Waals surface area contributed by atoms with Crippen LogP contribution < -0.4 is 19.7 Å². The first-order valence-corrected chi connectivity index (χ1v) is 15.4. The molecule has 0 unspecified atom stereocenters. The lowest BCUT2D eigenvalue weighted by atomic mass is 10.0. The van der Waals surface area contributed by atoms with Crippen molar-refractivity contribution in [1.29, 1.82) is 0 Å². The minimum Gasteiger partial charge on any atom is -0.497 e. The van der Waals surface area contributed by atoms with Crippen molar-refractivity contribution in [3.63, 3.8) is 0 Å². The molecule has 236 valence electrons. The number of hydrogen-bond donors (Lipinski definition) is 1. The fraction of sp³-hybridized carbons (Fsp3) is 0.351. The molecular weight excluding hydrogens is 564 g/mol. The molecule has 0 saturated carbocycles. The van der Waals surface area contributed by atoms with Crippen molar-refractivity contribution in [2.45, 2.75) is 65.9 Å². The summed E-state index contributed by atoms with van der Waals surface area (Å²) in [4.78, 5) is 22.3. The Morgan fingerprint density at radius 2 is 1.42 bits per heavy atom. The molecule has 8 nitrogen and oxygen atoms in total. The van der Waals surface area contributed by atoms with Crippen molar-refractivity contribution < 1.29 is 19.0 Å². The van der Waals surface area contributed by atoms with Crippen molar-refractivity contribution in [3.05, 3.63) is 112 Å². The van der Waals surface area contributed by atoms with Gasteiger partial charge in [0.2, 0.25) is 0 Å². The molecule has 0 spiro atoms. The third kappa shape index (κ3) is 8.47. The van der Waals surface area contributed by atoms with Gasteiger partial charge in [-0.25, -0.2) is 9.78 Å². The molecule has 1 aliphatic heterocycles. The van der Waals surface area contributed by atoms with E-state index in [-0.39, 0.29) is 6.09 Å². The summed E-state index contributed by atoms with van der Waals surface area (Å²) in [6.45, 7) is 10.7. The van der Waals surface area contributed by atoms with Crippen LogP contribution in [0.15, 0.2) is 78.9 Å². The number of carbonyl (C=O) groups excluding carboxylic acids is 1. The van der Waals surface area contributed by atoms with Gasteiger partial charge in [0.05, 0.1) is 26.5 Å².